The summed E-state index contributed by atoms with van der Waals surface area (Å²) in [6.45, 7) is 6.23. The van der Waals surface area contributed by atoms with E-state index >= 15 is 0 Å². The van der Waals surface area contributed by atoms with Crippen molar-refractivity contribution in [3.05, 3.63) is 64.7 Å². The Morgan fingerprint density at radius 2 is 1.73 bits per heavy atom. The molecule has 26 heavy (non-hydrogen) atoms. The van der Waals surface area contributed by atoms with Crippen LogP contribution in [0, 0.1) is 0 Å². The summed E-state index contributed by atoms with van der Waals surface area (Å²) in [5, 5.41) is 4.19. The minimum Gasteiger partial charge on any atom is -0.489 e. The van der Waals surface area contributed by atoms with Crippen LogP contribution >= 0.6 is 24.0 Å². The fourth-order valence-corrected chi connectivity index (χ4v) is 2.50. The minimum atomic E-state index is 0. The van der Waals surface area contributed by atoms with Crippen molar-refractivity contribution in [2.75, 3.05) is 19.8 Å². The Balaban J connectivity index is 0.00000338. The molecule has 144 valence electrons. The number of rotatable bonds is 12. The van der Waals surface area contributed by atoms with E-state index in [2.05, 4.69) is 24.4 Å². The topological polar surface area (TPSA) is 30.5 Å². The van der Waals surface area contributed by atoms with Gasteiger partial charge in [-0.05, 0) is 54.8 Å². The molecular weight excluding hydrogens is 369 g/mol. The van der Waals surface area contributed by atoms with Gasteiger partial charge in [0.05, 0.1) is 0 Å². The standard InChI is InChI=1S/C21H28ClNO2.ClH/c1-2-3-13-24-14-5-12-23-16-19-6-4-7-21(15-19)25-17-18-8-10-20(22)11-9-18;/h4,6-11,15,23H,2-3,5,12-14,16-17H2,1H3;1H. The molecule has 0 amide bonds. The summed E-state index contributed by atoms with van der Waals surface area (Å²) < 4.78 is 11.4. The zero-order valence-electron chi connectivity index (χ0n) is 15.4. The molecule has 0 aliphatic carbocycles. The van der Waals surface area contributed by atoms with E-state index in [1.165, 1.54) is 12.0 Å². The molecular formula is C21H29Cl2NO2. The molecule has 0 unspecified atom stereocenters. The Morgan fingerprint density at radius 3 is 2.50 bits per heavy atom. The van der Waals surface area contributed by atoms with Gasteiger partial charge < -0.3 is 14.8 Å². The smallest absolute Gasteiger partial charge is 0.120 e. The highest BCUT2D eigenvalue weighted by Gasteiger charge is 1.99. The predicted octanol–water partition coefficient (Wildman–Crippen LogP) is 5.64. The lowest BCUT2D eigenvalue weighted by Crippen LogP contribution is -2.16. The number of hydrogen-bond donors (Lipinski definition) is 1. The Morgan fingerprint density at radius 1 is 0.962 bits per heavy atom. The molecule has 0 aliphatic heterocycles. The molecule has 2 aromatic rings. The minimum absolute atomic E-state index is 0. The maximum absolute atomic E-state index is 5.90. The van der Waals surface area contributed by atoms with Gasteiger partial charge in [0.25, 0.3) is 0 Å². The molecule has 2 aromatic carbocycles. The zero-order valence-corrected chi connectivity index (χ0v) is 17.0. The highest BCUT2D eigenvalue weighted by Crippen LogP contribution is 2.16. The van der Waals surface area contributed by atoms with Crippen LogP contribution < -0.4 is 10.1 Å². The highest BCUT2D eigenvalue weighted by molar-refractivity contribution is 6.30. The summed E-state index contributed by atoms with van der Waals surface area (Å²) in [6, 6.07) is 15.9. The number of ether oxygens (including phenoxy) is 2. The lowest BCUT2D eigenvalue weighted by atomic mass is 10.2. The van der Waals surface area contributed by atoms with Crippen molar-refractivity contribution < 1.29 is 9.47 Å². The van der Waals surface area contributed by atoms with Gasteiger partial charge in [0, 0.05) is 24.8 Å². The molecule has 0 aliphatic rings. The fourth-order valence-electron chi connectivity index (χ4n) is 2.37. The maximum atomic E-state index is 5.90. The lowest BCUT2D eigenvalue weighted by Gasteiger charge is -2.09. The summed E-state index contributed by atoms with van der Waals surface area (Å²) in [6.07, 6.45) is 3.38. The van der Waals surface area contributed by atoms with Crippen LogP contribution in [0.25, 0.3) is 0 Å². The van der Waals surface area contributed by atoms with Gasteiger partial charge in [-0.1, -0.05) is 49.2 Å². The predicted molar refractivity (Wildman–Crippen MR) is 112 cm³/mol. The van der Waals surface area contributed by atoms with Crippen molar-refractivity contribution >= 4 is 24.0 Å². The van der Waals surface area contributed by atoms with Gasteiger partial charge in [-0.3, -0.25) is 0 Å². The van der Waals surface area contributed by atoms with E-state index in [4.69, 9.17) is 21.1 Å². The Hall–Kier alpha value is -1.26. The molecule has 0 heterocycles. The van der Waals surface area contributed by atoms with E-state index in [1.807, 2.05) is 36.4 Å². The van der Waals surface area contributed by atoms with Gasteiger partial charge >= 0.3 is 0 Å². The maximum Gasteiger partial charge on any atom is 0.120 e. The first-order valence-corrected chi connectivity index (χ1v) is 9.40. The van der Waals surface area contributed by atoms with Crippen molar-refractivity contribution in [2.24, 2.45) is 0 Å². The molecule has 2 rings (SSSR count). The van der Waals surface area contributed by atoms with Crippen molar-refractivity contribution in [1.82, 2.24) is 5.32 Å². The van der Waals surface area contributed by atoms with Crippen molar-refractivity contribution in [2.45, 2.75) is 39.3 Å². The largest absolute Gasteiger partial charge is 0.489 e. The van der Waals surface area contributed by atoms with Crippen LogP contribution in [0.2, 0.25) is 5.02 Å². The van der Waals surface area contributed by atoms with Crippen LogP contribution in [0.3, 0.4) is 0 Å². The van der Waals surface area contributed by atoms with E-state index < -0.39 is 0 Å². The monoisotopic (exact) mass is 397 g/mol. The molecule has 3 nitrogen and oxygen atoms in total. The number of halogens is 2. The summed E-state index contributed by atoms with van der Waals surface area (Å²) in [5.41, 5.74) is 2.33. The van der Waals surface area contributed by atoms with Gasteiger partial charge in [-0.15, -0.1) is 12.4 Å². The number of hydrogen-bond acceptors (Lipinski definition) is 3. The molecule has 5 heteroatoms. The van der Waals surface area contributed by atoms with Crippen molar-refractivity contribution in [3.8, 4) is 5.75 Å². The second-order valence-electron chi connectivity index (χ2n) is 6.06. The van der Waals surface area contributed by atoms with Crippen molar-refractivity contribution in [1.29, 1.82) is 0 Å². The second-order valence-corrected chi connectivity index (χ2v) is 6.50. The molecule has 0 aromatic heterocycles. The third kappa shape index (κ3) is 9.44. The molecule has 0 fully saturated rings. The quantitative estimate of drug-likeness (QED) is 0.470. The Bertz CT molecular complexity index is 605. The first kappa shape index (κ1) is 22.8. The number of unbranched alkanes of at least 4 members (excludes halogenated alkanes) is 1. The SMILES string of the molecule is CCCCOCCCNCc1cccc(OCc2ccc(Cl)cc2)c1.Cl. The van der Waals surface area contributed by atoms with Gasteiger partial charge in [-0.25, -0.2) is 0 Å². The van der Waals surface area contributed by atoms with Crippen molar-refractivity contribution in [3.63, 3.8) is 0 Å². The van der Waals surface area contributed by atoms with E-state index in [9.17, 15) is 0 Å². The van der Waals surface area contributed by atoms with E-state index in [0.717, 1.165) is 55.5 Å². The molecule has 0 saturated carbocycles. The second kappa shape index (κ2) is 13.9. The number of nitrogens with one attached hydrogen (secondary N) is 1. The van der Waals surface area contributed by atoms with Gasteiger partial charge in [0.15, 0.2) is 0 Å². The molecule has 1 N–H and O–H groups in total. The Labute approximate surface area is 168 Å². The van der Waals surface area contributed by atoms with Crippen LogP contribution in [0.15, 0.2) is 48.5 Å². The molecule has 0 atom stereocenters. The average Bonchev–Trinajstić information content (AvgIpc) is 2.64. The summed E-state index contributed by atoms with van der Waals surface area (Å²) in [4.78, 5) is 0. The number of benzene rings is 2. The van der Waals surface area contributed by atoms with Gasteiger partial charge in [0.1, 0.15) is 12.4 Å². The lowest BCUT2D eigenvalue weighted by molar-refractivity contribution is 0.129. The molecule has 0 radical (unpaired) electrons. The summed E-state index contributed by atoms with van der Waals surface area (Å²) in [7, 11) is 0. The third-order valence-electron chi connectivity index (χ3n) is 3.83. The van der Waals surface area contributed by atoms with E-state index in [-0.39, 0.29) is 12.4 Å². The van der Waals surface area contributed by atoms with Crippen LogP contribution in [0.4, 0.5) is 0 Å². The molecule has 0 saturated heterocycles. The first-order chi connectivity index (χ1) is 12.3. The van der Waals surface area contributed by atoms with Crippen LogP contribution in [0.1, 0.15) is 37.3 Å². The molecule has 0 bridgehead atoms. The highest BCUT2D eigenvalue weighted by atomic mass is 35.5. The fraction of sp³-hybridized carbons (Fsp3) is 0.429. The van der Waals surface area contributed by atoms with Crippen LogP contribution in [-0.2, 0) is 17.9 Å². The van der Waals surface area contributed by atoms with Crippen LogP contribution in [0.5, 0.6) is 5.75 Å². The zero-order chi connectivity index (χ0) is 17.7. The van der Waals surface area contributed by atoms with Gasteiger partial charge in [0.2, 0.25) is 0 Å². The normalized spacial score (nSPS) is 10.4. The summed E-state index contributed by atoms with van der Waals surface area (Å²) in [5.74, 6) is 0.886. The summed E-state index contributed by atoms with van der Waals surface area (Å²) >= 11 is 5.90. The Kier molecular flexibility index (Phi) is 12.2. The average molecular weight is 398 g/mol. The first-order valence-electron chi connectivity index (χ1n) is 9.02. The third-order valence-corrected chi connectivity index (χ3v) is 4.08. The van der Waals surface area contributed by atoms with E-state index in [0.29, 0.717) is 6.61 Å². The van der Waals surface area contributed by atoms with Crippen LogP contribution in [-0.4, -0.2) is 19.8 Å². The molecule has 0 spiro atoms. The van der Waals surface area contributed by atoms with Gasteiger partial charge in [-0.2, -0.15) is 0 Å². The van der Waals surface area contributed by atoms with E-state index in [1.54, 1.807) is 0 Å².